The molecule has 252 valence electrons. The standard InChI is InChI=1S/C33H68NO7P/c1-6-8-10-12-14-15-16-17-18-19-20-21-23-25-28-38-30-32(41-33(35)26-24-22-13-11-9-7-2)31-40-42(36,37)39-29-27-34(3,4)5/h32H,6-31H2,1-5H3/p+1. The Balaban J connectivity index is 4.21. The van der Waals surface area contributed by atoms with Gasteiger partial charge in [-0.1, -0.05) is 129 Å². The molecule has 0 aliphatic rings. The number of carbonyl (C=O) groups excluding carboxylic acids is 1. The average molecular weight is 623 g/mol. The number of likely N-dealkylation sites (N-methyl/N-ethyl adjacent to an activating group) is 1. The molecule has 0 aliphatic carbocycles. The van der Waals surface area contributed by atoms with E-state index in [9.17, 15) is 14.3 Å². The lowest BCUT2D eigenvalue weighted by molar-refractivity contribution is -0.870. The van der Waals surface area contributed by atoms with Crippen LogP contribution in [0.25, 0.3) is 0 Å². The van der Waals surface area contributed by atoms with E-state index in [0.29, 0.717) is 24.1 Å². The highest BCUT2D eigenvalue weighted by molar-refractivity contribution is 7.47. The molecule has 1 N–H and O–H groups in total. The van der Waals surface area contributed by atoms with Gasteiger partial charge in [0.05, 0.1) is 34.4 Å². The molecule has 2 unspecified atom stereocenters. The Morgan fingerprint density at radius 3 is 1.57 bits per heavy atom. The van der Waals surface area contributed by atoms with Crippen LogP contribution >= 0.6 is 7.82 Å². The van der Waals surface area contributed by atoms with Crippen molar-refractivity contribution >= 4 is 13.8 Å². The summed E-state index contributed by atoms with van der Waals surface area (Å²) in [7, 11) is 1.67. The normalized spacial score (nSPS) is 14.1. The van der Waals surface area contributed by atoms with Crippen molar-refractivity contribution in [3.63, 3.8) is 0 Å². The number of phosphoric ester groups is 1. The zero-order valence-corrected chi connectivity index (χ0v) is 29.1. The van der Waals surface area contributed by atoms with Crippen LogP contribution in [0.3, 0.4) is 0 Å². The Bertz CT molecular complexity index is 657. The molecule has 0 heterocycles. The summed E-state index contributed by atoms with van der Waals surface area (Å²) < 4.78 is 34.6. The highest BCUT2D eigenvalue weighted by Crippen LogP contribution is 2.43. The molecule has 0 aromatic carbocycles. The molecule has 0 radical (unpaired) electrons. The fourth-order valence-electron chi connectivity index (χ4n) is 4.67. The Labute approximate surface area is 259 Å². The topological polar surface area (TPSA) is 91.3 Å². The number of phosphoric acid groups is 1. The summed E-state index contributed by atoms with van der Waals surface area (Å²) in [5.41, 5.74) is 0. The summed E-state index contributed by atoms with van der Waals surface area (Å²) in [6.45, 7) is 5.57. The van der Waals surface area contributed by atoms with Gasteiger partial charge in [-0.3, -0.25) is 13.8 Å². The molecular formula is C33H69NO7P+. The number of hydrogen-bond acceptors (Lipinski definition) is 6. The smallest absolute Gasteiger partial charge is 0.457 e. The molecule has 2 atom stereocenters. The van der Waals surface area contributed by atoms with E-state index in [4.69, 9.17) is 18.5 Å². The second-order valence-corrected chi connectivity index (χ2v) is 14.4. The Kier molecular flexibility index (Phi) is 27.7. The molecule has 0 fully saturated rings. The lowest BCUT2D eigenvalue weighted by Crippen LogP contribution is -2.37. The largest absolute Gasteiger partial charge is 0.472 e. The van der Waals surface area contributed by atoms with E-state index in [0.717, 1.165) is 32.1 Å². The van der Waals surface area contributed by atoms with E-state index < -0.39 is 13.9 Å². The fourth-order valence-corrected chi connectivity index (χ4v) is 5.41. The Morgan fingerprint density at radius 2 is 1.10 bits per heavy atom. The summed E-state index contributed by atoms with van der Waals surface area (Å²) in [5, 5.41) is 0. The van der Waals surface area contributed by atoms with Crippen molar-refractivity contribution in [3.05, 3.63) is 0 Å². The van der Waals surface area contributed by atoms with Crippen LogP contribution in [-0.4, -0.2) is 75.6 Å². The maximum absolute atomic E-state index is 12.4. The van der Waals surface area contributed by atoms with Gasteiger partial charge < -0.3 is 18.9 Å². The first-order valence-electron chi connectivity index (χ1n) is 17.3. The van der Waals surface area contributed by atoms with Gasteiger partial charge in [0.25, 0.3) is 0 Å². The molecule has 0 aromatic rings. The van der Waals surface area contributed by atoms with Gasteiger partial charge in [0.15, 0.2) is 0 Å². The van der Waals surface area contributed by atoms with Gasteiger partial charge in [-0.2, -0.15) is 0 Å². The maximum Gasteiger partial charge on any atom is 0.472 e. The Morgan fingerprint density at radius 1 is 0.643 bits per heavy atom. The van der Waals surface area contributed by atoms with E-state index in [2.05, 4.69) is 13.8 Å². The number of carbonyl (C=O) groups is 1. The van der Waals surface area contributed by atoms with E-state index in [-0.39, 0.29) is 25.8 Å². The molecule has 0 aromatic heterocycles. The molecule has 9 heteroatoms. The van der Waals surface area contributed by atoms with Crippen LogP contribution in [0.2, 0.25) is 0 Å². The van der Waals surface area contributed by atoms with Gasteiger partial charge in [-0.25, -0.2) is 4.57 Å². The van der Waals surface area contributed by atoms with E-state index in [1.54, 1.807) is 0 Å². The summed E-state index contributed by atoms with van der Waals surface area (Å²) in [4.78, 5) is 22.5. The first-order chi connectivity index (χ1) is 20.1. The van der Waals surface area contributed by atoms with Crippen LogP contribution in [0.1, 0.15) is 149 Å². The third-order valence-corrected chi connectivity index (χ3v) is 8.40. The SMILES string of the molecule is CCCCCCCCCCCCCCCCOCC(COP(=O)(O)OCC[N+](C)(C)C)OC(=O)CCCCCCCC. The van der Waals surface area contributed by atoms with Crippen molar-refractivity contribution < 1.29 is 37.3 Å². The average Bonchev–Trinajstić information content (AvgIpc) is 2.92. The molecule has 0 saturated heterocycles. The third kappa shape index (κ3) is 30.9. The van der Waals surface area contributed by atoms with Gasteiger partial charge in [0.1, 0.15) is 19.3 Å². The van der Waals surface area contributed by atoms with Crippen LogP contribution in [0.4, 0.5) is 0 Å². The molecular weight excluding hydrogens is 553 g/mol. The molecule has 0 bridgehead atoms. The predicted octanol–water partition coefficient (Wildman–Crippen LogP) is 8.99. The van der Waals surface area contributed by atoms with Crippen molar-refractivity contribution in [2.75, 3.05) is 54.1 Å². The highest BCUT2D eigenvalue weighted by Gasteiger charge is 2.26. The minimum absolute atomic E-state index is 0.0926. The summed E-state index contributed by atoms with van der Waals surface area (Å²) >= 11 is 0. The first kappa shape index (κ1) is 41.5. The first-order valence-corrected chi connectivity index (χ1v) is 18.8. The molecule has 0 spiro atoms. The second-order valence-electron chi connectivity index (χ2n) is 12.9. The number of unbranched alkanes of at least 4 members (excludes halogenated alkanes) is 18. The van der Waals surface area contributed by atoms with E-state index >= 15 is 0 Å². The van der Waals surface area contributed by atoms with Crippen LogP contribution in [0.15, 0.2) is 0 Å². The molecule has 0 amide bonds. The number of ether oxygens (including phenoxy) is 2. The van der Waals surface area contributed by atoms with E-state index in [1.807, 2.05) is 21.1 Å². The van der Waals surface area contributed by atoms with E-state index in [1.165, 1.54) is 96.3 Å². The zero-order chi connectivity index (χ0) is 31.4. The quantitative estimate of drug-likeness (QED) is 0.0346. The van der Waals surface area contributed by atoms with Gasteiger partial charge in [-0.05, 0) is 12.8 Å². The monoisotopic (exact) mass is 622 g/mol. The molecule has 0 saturated carbocycles. The Hall–Kier alpha value is -0.500. The summed E-state index contributed by atoms with van der Waals surface area (Å²) in [5.74, 6) is -0.321. The van der Waals surface area contributed by atoms with Crippen LogP contribution in [0, 0.1) is 0 Å². The van der Waals surface area contributed by atoms with Gasteiger partial charge >= 0.3 is 13.8 Å². The number of rotatable bonds is 32. The van der Waals surface area contributed by atoms with Crippen molar-refractivity contribution in [1.82, 2.24) is 0 Å². The summed E-state index contributed by atoms with van der Waals surface area (Å²) in [6, 6.07) is 0. The van der Waals surface area contributed by atoms with Crippen molar-refractivity contribution in [2.24, 2.45) is 0 Å². The number of quaternary nitrogens is 1. The number of nitrogens with zero attached hydrogens (tertiary/aromatic N) is 1. The van der Waals surface area contributed by atoms with Gasteiger partial charge in [0.2, 0.25) is 0 Å². The van der Waals surface area contributed by atoms with Crippen molar-refractivity contribution in [1.29, 1.82) is 0 Å². The highest BCUT2D eigenvalue weighted by atomic mass is 31.2. The lowest BCUT2D eigenvalue weighted by atomic mass is 10.0. The fraction of sp³-hybridized carbons (Fsp3) is 0.970. The molecule has 42 heavy (non-hydrogen) atoms. The number of esters is 1. The third-order valence-electron chi connectivity index (χ3n) is 7.42. The van der Waals surface area contributed by atoms with Crippen molar-refractivity contribution in [2.45, 2.75) is 155 Å². The summed E-state index contributed by atoms with van der Waals surface area (Å²) in [6.07, 6.45) is 24.3. The van der Waals surface area contributed by atoms with Gasteiger partial charge in [-0.15, -0.1) is 0 Å². The predicted molar refractivity (Wildman–Crippen MR) is 174 cm³/mol. The number of hydrogen-bond donors (Lipinski definition) is 1. The maximum atomic E-state index is 12.4. The molecule has 0 aliphatic heterocycles. The van der Waals surface area contributed by atoms with Crippen LogP contribution < -0.4 is 0 Å². The second kappa shape index (κ2) is 28.0. The minimum Gasteiger partial charge on any atom is -0.457 e. The zero-order valence-electron chi connectivity index (χ0n) is 28.3. The van der Waals surface area contributed by atoms with Crippen molar-refractivity contribution in [3.8, 4) is 0 Å². The molecule has 8 nitrogen and oxygen atoms in total. The van der Waals surface area contributed by atoms with Gasteiger partial charge in [0, 0.05) is 13.0 Å². The van der Waals surface area contributed by atoms with Crippen LogP contribution in [-0.2, 0) is 27.9 Å². The van der Waals surface area contributed by atoms with Crippen LogP contribution in [0.5, 0.6) is 0 Å². The lowest BCUT2D eigenvalue weighted by Gasteiger charge is -2.24. The molecule has 0 rings (SSSR count). The minimum atomic E-state index is -4.25.